The molecule has 0 radical (unpaired) electrons. The molecule has 8 nitrogen and oxygen atoms in total. The summed E-state index contributed by atoms with van der Waals surface area (Å²) in [7, 11) is 1.29. The Balaban J connectivity index is 3.17. The Labute approximate surface area is 119 Å². The number of carboxylic acid groups (broad SMARTS) is 1. The monoisotopic (exact) mass is 301 g/mol. The Hall–Kier alpha value is -2.22. The molecule has 0 saturated carbocycles. The number of nitro groups is 1. The van der Waals surface area contributed by atoms with Crippen molar-refractivity contribution in [1.29, 1.82) is 0 Å². The van der Waals surface area contributed by atoms with Crippen molar-refractivity contribution in [1.82, 2.24) is 9.88 Å². The van der Waals surface area contributed by atoms with Crippen LogP contribution in [0.15, 0.2) is 12.3 Å². The van der Waals surface area contributed by atoms with Gasteiger partial charge in [-0.15, -0.1) is 0 Å². The van der Waals surface area contributed by atoms with Gasteiger partial charge in [0, 0.05) is 13.1 Å². The lowest BCUT2D eigenvalue weighted by Gasteiger charge is -2.23. The fraction of sp³-hybridized carbons (Fsp3) is 0.364. The molecule has 1 aromatic rings. The third-order valence-electron chi connectivity index (χ3n) is 2.73. The van der Waals surface area contributed by atoms with Crippen LogP contribution in [0.1, 0.15) is 23.7 Å². The van der Waals surface area contributed by atoms with E-state index in [2.05, 4.69) is 4.98 Å². The standard InChI is InChI=1S/C11H12ClN3O5/c1-3-8(11(17)18)14(2)10(16)7-4-6(15(19)20)5-13-9(7)12/h4-5,8H,3H2,1-2H3,(H,17,18). The Kier molecular flexibility index (Phi) is 4.98. The maximum Gasteiger partial charge on any atom is 0.326 e. The summed E-state index contributed by atoms with van der Waals surface area (Å²) in [5, 5.41) is 19.4. The van der Waals surface area contributed by atoms with Crippen molar-refractivity contribution in [3.05, 3.63) is 33.1 Å². The van der Waals surface area contributed by atoms with Crippen molar-refractivity contribution in [2.75, 3.05) is 7.05 Å². The average molecular weight is 302 g/mol. The van der Waals surface area contributed by atoms with E-state index in [0.717, 1.165) is 17.2 Å². The molecule has 0 saturated heterocycles. The van der Waals surface area contributed by atoms with E-state index < -0.39 is 28.5 Å². The number of hydrogen-bond donors (Lipinski definition) is 1. The first-order valence-electron chi connectivity index (χ1n) is 5.59. The van der Waals surface area contributed by atoms with Crippen LogP contribution in [0.25, 0.3) is 0 Å². The molecular weight excluding hydrogens is 290 g/mol. The van der Waals surface area contributed by atoms with Crippen LogP contribution in [0.4, 0.5) is 5.69 Å². The molecule has 108 valence electrons. The maximum absolute atomic E-state index is 12.2. The molecule has 0 aromatic carbocycles. The van der Waals surface area contributed by atoms with Gasteiger partial charge >= 0.3 is 5.97 Å². The summed E-state index contributed by atoms with van der Waals surface area (Å²) in [6.07, 6.45) is 1.12. The Morgan fingerprint density at radius 3 is 2.65 bits per heavy atom. The first kappa shape index (κ1) is 15.8. The number of carbonyl (C=O) groups is 2. The summed E-state index contributed by atoms with van der Waals surface area (Å²) >= 11 is 5.74. The van der Waals surface area contributed by atoms with Gasteiger partial charge in [0.2, 0.25) is 0 Å². The second kappa shape index (κ2) is 6.29. The van der Waals surface area contributed by atoms with Crippen molar-refractivity contribution >= 4 is 29.2 Å². The largest absolute Gasteiger partial charge is 0.480 e. The molecule has 0 fully saturated rings. The number of carbonyl (C=O) groups excluding carboxylic acids is 1. The topological polar surface area (TPSA) is 114 Å². The minimum absolute atomic E-state index is 0.192. The molecule has 1 aromatic heterocycles. The summed E-state index contributed by atoms with van der Waals surface area (Å²) in [6.45, 7) is 1.61. The fourth-order valence-electron chi connectivity index (χ4n) is 1.63. The second-order valence-corrected chi connectivity index (χ2v) is 4.33. The number of aliphatic carboxylic acids is 1. The number of pyridine rings is 1. The number of nitrogens with zero attached hydrogens (tertiary/aromatic N) is 3. The number of likely N-dealkylation sites (N-methyl/N-ethyl adjacent to an activating group) is 1. The van der Waals surface area contributed by atoms with E-state index in [1.807, 2.05) is 0 Å². The van der Waals surface area contributed by atoms with Crippen LogP contribution in [0.5, 0.6) is 0 Å². The third-order valence-corrected chi connectivity index (χ3v) is 3.03. The molecule has 1 unspecified atom stereocenters. The molecule has 1 heterocycles. The fourth-order valence-corrected chi connectivity index (χ4v) is 1.82. The van der Waals surface area contributed by atoms with Gasteiger partial charge in [-0.3, -0.25) is 14.9 Å². The number of carboxylic acids is 1. The first-order valence-corrected chi connectivity index (χ1v) is 5.97. The molecule has 1 atom stereocenters. The van der Waals surface area contributed by atoms with Gasteiger partial charge < -0.3 is 10.0 Å². The number of hydrogen-bond acceptors (Lipinski definition) is 5. The molecular formula is C11H12ClN3O5. The van der Waals surface area contributed by atoms with Gasteiger partial charge in [0.15, 0.2) is 0 Å². The SMILES string of the molecule is CCC(C(=O)O)N(C)C(=O)c1cc([N+](=O)[O-])cnc1Cl. The minimum atomic E-state index is -1.17. The maximum atomic E-state index is 12.2. The summed E-state index contributed by atoms with van der Waals surface area (Å²) in [5.74, 6) is -1.90. The van der Waals surface area contributed by atoms with Gasteiger partial charge in [0.1, 0.15) is 17.4 Å². The van der Waals surface area contributed by atoms with Crippen LogP contribution < -0.4 is 0 Å². The number of amides is 1. The van der Waals surface area contributed by atoms with Gasteiger partial charge in [-0.2, -0.15) is 0 Å². The Morgan fingerprint density at radius 1 is 1.60 bits per heavy atom. The minimum Gasteiger partial charge on any atom is -0.480 e. The van der Waals surface area contributed by atoms with Crippen LogP contribution in [0, 0.1) is 10.1 Å². The highest BCUT2D eigenvalue weighted by molar-refractivity contribution is 6.32. The molecule has 20 heavy (non-hydrogen) atoms. The normalized spacial score (nSPS) is 11.8. The van der Waals surface area contributed by atoms with Crippen LogP contribution in [0.3, 0.4) is 0 Å². The van der Waals surface area contributed by atoms with Crippen LogP contribution in [-0.2, 0) is 4.79 Å². The second-order valence-electron chi connectivity index (χ2n) is 3.97. The van der Waals surface area contributed by atoms with Crippen molar-refractivity contribution in [2.24, 2.45) is 0 Å². The molecule has 1 rings (SSSR count). The summed E-state index contributed by atoms with van der Waals surface area (Å²) in [6, 6.07) is -0.0687. The number of halogens is 1. The molecule has 1 amide bonds. The van der Waals surface area contributed by atoms with E-state index in [1.54, 1.807) is 6.92 Å². The lowest BCUT2D eigenvalue weighted by molar-refractivity contribution is -0.385. The van der Waals surface area contributed by atoms with Crippen molar-refractivity contribution in [3.63, 3.8) is 0 Å². The average Bonchev–Trinajstić information content (AvgIpc) is 2.38. The zero-order chi connectivity index (χ0) is 15.4. The third kappa shape index (κ3) is 3.21. The molecule has 9 heteroatoms. The first-order chi connectivity index (χ1) is 9.29. The zero-order valence-corrected chi connectivity index (χ0v) is 11.5. The lowest BCUT2D eigenvalue weighted by atomic mass is 10.1. The highest BCUT2D eigenvalue weighted by Gasteiger charge is 2.28. The van der Waals surface area contributed by atoms with Gasteiger partial charge in [-0.25, -0.2) is 9.78 Å². The predicted molar refractivity (Wildman–Crippen MR) is 69.7 cm³/mol. The van der Waals surface area contributed by atoms with Gasteiger partial charge in [0.25, 0.3) is 11.6 Å². The van der Waals surface area contributed by atoms with E-state index in [1.165, 1.54) is 7.05 Å². The van der Waals surface area contributed by atoms with E-state index >= 15 is 0 Å². The predicted octanol–water partition coefficient (Wildman–Crippen LogP) is 1.58. The molecule has 0 spiro atoms. The van der Waals surface area contributed by atoms with E-state index in [0.29, 0.717) is 0 Å². The number of rotatable bonds is 5. The highest BCUT2D eigenvalue weighted by atomic mass is 35.5. The zero-order valence-electron chi connectivity index (χ0n) is 10.7. The summed E-state index contributed by atoms with van der Waals surface area (Å²) in [5.41, 5.74) is -0.599. The quantitative estimate of drug-likeness (QED) is 0.501. The van der Waals surface area contributed by atoms with Gasteiger partial charge in [0.05, 0.1) is 10.5 Å². The number of aromatic nitrogens is 1. The van der Waals surface area contributed by atoms with Gasteiger partial charge in [-0.05, 0) is 6.42 Å². The van der Waals surface area contributed by atoms with Crippen LogP contribution in [-0.4, -0.2) is 44.9 Å². The van der Waals surface area contributed by atoms with E-state index in [-0.39, 0.29) is 17.1 Å². The summed E-state index contributed by atoms with van der Waals surface area (Å²) in [4.78, 5) is 37.7. The smallest absolute Gasteiger partial charge is 0.326 e. The van der Waals surface area contributed by atoms with Gasteiger partial charge in [-0.1, -0.05) is 18.5 Å². The van der Waals surface area contributed by atoms with Crippen molar-refractivity contribution < 1.29 is 19.6 Å². The van der Waals surface area contributed by atoms with E-state index in [9.17, 15) is 19.7 Å². The van der Waals surface area contributed by atoms with Crippen molar-refractivity contribution in [3.8, 4) is 0 Å². The Morgan fingerprint density at radius 2 is 2.20 bits per heavy atom. The molecule has 0 aliphatic rings. The lowest BCUT2D eigenvalue weighted by Crippen LogP contribution is -2.42. The van der Waals surface area contributed by atoms with Crippen LogP contribution in [0.2, 0.25) is 5.15 Å². The summed E-state index contributed by atoms with van der Waals surface area (Å²) < 4.78 is 0. The molecule has 0 aliphatic heterocycles. The Bertz CT molecular complexity index is 563. The molecule has 0 aliphatic carbocycles. The molecule has 0 bridgehead atoms. The molecule has 1 N–H and O–H groups in total. The van der Waals surface area contributed by atoms with Crippen LogP contribution >= 0.6 is 11.6 Å². The van der Waals surface area contributed by atoms with Crippen molar-refractivity contribution in [2.45, 2.75) is 19.4 Å². The van der Waals surface area contributed by atoms with E-state index in [4.69, 9.17) is 16.7 Å². The highest BCUT2D eigenvalue weighted by Crippen LogP contribution is 2.21.